The van der Waals surface area contributed by atoms with E-state index in [4.69, 9.17) is 9.68 Å². The molecule has 8 heteroatoms. The highest BCUT2D eigenvalue weighted by atomic mass is 32.2. The molecule has 1 aliphatic heterocycles. The van der Waals surface area contributed by atoms with E-state index >= 15 is 0 Å². The molecule has 0 N–H and O–H groups in total. The van der Waals surface area contributed by atoms with Crippen molar-refractivity contribution in [3.63, 3.8) is 0 Å². The topological polar surface area (TPSA) is 62.3 Å². The second-order valence-corrected chi connectivity index (χ2v) is 5.25. The van der Waals surface area contributed by atoms with Gasteiger partial charge in [0.05, 0.1) is 19.9 Å². The zero-order valence-corrected chi connectivity index (χ0v) is 12.7. The summed E-state index contributed by atoms with van der Waals surface area (Å²) in [5, 5.41) is 2.68. The second-order valence-electron chi connectivity index (χ2n) is 4.39. The van der Waals surface area contributed by atoms with E-state index in [0.717, 1.165) is 27.4 Å². The van der Waals surface area contributed by atoms with E-state index in [1.54, 1.807) is 6.07 Å². The fraction of sp³-hybridized carbons (Fsp3) is 0.143. The average molecular weight is 319 g/mol. The molecule has 1 saturated heterocycles. The van der Waals surface area contributed by atoms with Crippen LogP contribution in [0, 0.1) is 0 Å². The Morgan fingerprint density at radius 1 is 0.909 bits per heavy atom. The number of imide groups is 1. The lowest BCUT2D eigenvalue weighted by Crippen LogP contribution is -2.53. The van der Waals surface area contributed by atoms with Gasteiger partial charge in [0.15, 0.2) is 0 Å². The normalized spacial score (nSPS) is 15.8. The number of benzene rings is 2. The first-order valence-corrected chi connectivity index (χ1v) is 7.12. The summed E-state index contributed by atoms with van der Waals surface area (Å²) in [6.07, 6.45) is 0. The lowest BCUT2D eigenvalue weighted by atomic mass is 10.1. The predicted molar refractivity (Wildman–Crippen MR) is 82.5 cm³/mol. The lowest BCUT2D eigenvalue weighted by Gasteiger charge is -2.35. The molecule has 0 unspecified atom stereocenters. The number of urea groups is 2. The maximum atomic E-state index is 12.4. The van der Waals surface area contributed by atoms with Crippen LogP contribution in [0.3, 0.4) is 0 Å². The zero-order chi connectivity index (χ0) is 15.7. The Bertz CT molecular complexity index is 739. The first kappa shape index (κ1) is 14.6. The zero-order valence-electron chi connectivity index (χ0n) is 11.9. The monoisotopic (exact) mass is 319 g/mol. The number of amides is 4. The number of hydrogen-bond donors (Lipinski definition) is 0. The standard InChI is InChI=1S/C14H13N3O4S/c1-20-15-13(18)16(22-17(21-2)14(15)19)12-8-7-10-5-3-4-6-11(10)9-12/h3-9H,1-2H3. The molecule has 114 valence electrons. The van der Waals surface area contributed by atoms with Crippen molar-refractivity contribution in [2.45, 2.75) is 0 Å². The van der Waals surface area contributed by atoms with E-state index in [2.05, 4.69) is 0 Å². The molecule has 2 aromatic rings. The number of rotatable bonds is 3. The molecule has 0 saturated carbocycles. The van der Waals surface area contributed by atoms with Crippen LogP contribution in [0.2, 0.25) is 0 Å². The van der Waals surface area contributed by atoms with Gasteiger partial charge in [-0.15, -0.1) is 9.53 Å². The van der Waals surface area contributed by atoms with E-state index in [1.165, 1.54) is 18.5 Å². The molecule has 1 fully saturated rings. The Morgan fingerprint density at radius 2 is 1.64 bits per heavy atom. The van der Waals surface area contributed by atoms with Gasteiger partial charge >= 0.3 is 12.1 Å². The number of hydroxylamine groups is 3. The molecule has 1 aliphatic rings. The Kier molecular flexibility index (Phi) is 3.88. The van der Waals surface area contributed by atoms with Crippen LogP contribution in [0.1, 0.15) is 0 Å². The molecule has 0 aromatic heterocycles. The number of nitrogens with zero attached hydrogens (tertiary/aromatic N) is 3. The van der Waals surface area contributed by atoms with Crippen LogP contribution in [0.15, 0.2) is 42.5 Å². The van der Waals surface area contributed by atoms with E-state index in [-0.39, 0.29) is 0 Å². The van der Waals surface area contributed by atoms with Crippen LogP contribution >= 0.6 is 12.1 Å². The Morgan fingerprint density at radius 3 is 2.32 bits per heavy atom. The third-order valence-corrected chi connectivity index (χ3v) is 4.13. The molecule has 0 bridgehead atoms. The van der Waals surface area contributed by atoms with Crippen molar-refractivity contribution in [2.24, 2.45) is 0 Å². The maximum absolute atomic E-state index is 12.4. The van der Waals surface area contributed by atoms with Gasteiger partial charge in [0, 0.05) is 0 Å². The summed E-state index contributed by atoms with van der Waals surface area (Å²) in [7, 11) is 2.59. The van der Waals surface area contributed by atoms with Crippen LogP contribution in [0.4, 0.5) is 15.3 Å². The summed E-state index contributed by atoms with van der Waals surface area (Å²) >= 11 is 0.852. The van der Waals surface area contributed by atoms with Crippen molar-refractivity contribution in [1.82, 2.24) is 9.53 Å². The summed E-state index contributed by atoms with van der Waals surface area (Å²) in [6, 6.07) is 12.1. The average Bonchev–Trinajstić information content (AvgIpc) is 2.55. The minimum Gasteiger partial charge on any atom is -0.264 e. The SMILES string of the molecule is CON1SN(c2ccc3ccccc3c2)C(=O)N(OC)C1=O. The molecule has 2 aromatic carbocycles. The fourth-order valence-electron chi connectivity index (χ4n) is 2.11. The van der Waals surface area contributed by atoms with Crippen LogP contribution in [0.5, 0.6) is 0 Å². The third kappa shape index (κ3) is 2.37. The van der Waals surface area contributed by atoms with Gasteiger partial charge in [-0.05, 0) is 22.9 Å². The van der Waals surface area contributed by atoms with Gasteiger partial charge in [-0.1, -0.05) is 30.3 Å². The highest BCUT2D eigenvalue weighted by Crippen LogP contribution is 2.33. The molecular formula is C14H13N3O4S. The molecule has 0 aliphatic carbocycles. The first-order valence-electron chi connectivity index (χ1n) is 6.39. The number of anilines is 1. The molecule has 0 spiro atoms. The van der Waals surface area contributed by atoms with Gasteiger partial charge in [0.1, 0.15) is 12.1 Å². The molecule has 4 amide bonds. The number of hydrogen-bond acceptors (Lipinski definition) is 5. The molecule has 0 radical (unpaired) electrons. The number of carbonyl (C=O) groups excluding carboxylic acids is 2. The van der Waals surface area contributed by atoms with Crippen molar-refractivity contribution in [3.8, 4) is 0 Å². The second kappa shape index (κ2) is 5.84. The van der Waals surface area contributed by atoms with E-state index < -0.39 is 12.1 Å². The maximum Gasteiger partial charge on any atom is 0.389 e. The molecular weight excluding hydrogens is 306 g/mol. The van der Waals surface area contributed by atoms with Crippen molar-refractivity contribution in [2.75, 3.05) is 18.5 Å². The van der Waals surface area contributed by atoms with Gasteiger partial charge in [-0.2, -0.15) is 0 Å². The van der Waals surface area contributed by atoms with Crippen LogP contribution in [-0.4, -0.2) is 35.8 Å². The van der Waals surface area contributed by atoms with Gasteiger partial charge in [-0.3, -0.25) is 9.68 Å². The minimum absolute atomic E-state index is 0.596. The fourth-order valence-corrected chi connectivity index (χ4v) is 2.82. The van der Waals surface area contributed by atoms with Gasteiger partial charge in [-0.25, -0.2) is 13.9 Å². The van der Waals surface area contributed by atoms with Gasteiger partial charge in [0.2, 0.25) is 0 Å². The highest BCUT2D eigenvalue weighted by Gasteiger charge is 2.41. The third-order valence-electron chi connectivity index (χ3n) is 3.15. The largest absolute Gasteiger partial charge is 0.389 e. The van der Waals surface area contributed by atoms with Gasteiger partial charge in [0.25, 0.3) is 0 Å². The summed E-state index contributed by atoms with van der Waals surface area (Å²) in [5.41, 5.74) is 0.616. The smallest absolute Gasteiger partial charge is 0.264 e. The predicted octanol–water partition coefficient (Wildman–Crippen LogP) is 3.19. The molecule has 22 heavy (non-hydrogen) atoms. The highest BCUT2D eigenvalue weighted by molar-refractivity contribution is 7.99. The Hall–Kier alpha value is -2.29. The van der Waals surface area contributed by atoms with Crippen molar-refractivity contribution >= 4 is 40.7 Å². The summed E-state index contributed by atoms with van der Waals surface area (Å²) in [5.74, 6) is 0. The van der Waals surface area contributed by atoms with Crippen LogP contribution in [-0.2, 0) is 9.68 Å². The number of carbonyl (C=O) groups is 2. The summed E-state index contributed by atoms with van der Waals surface area (Å²) in [4.78, 5) is 34.1. The Balaban J connectivity index is 2.00. The Labute approximate surface area is 131 Å². The number of fused-ring (bicyclic) bond motifs is 1. The van der Waals surface area contributed by atoms with Crippen LogP contribution in [0.25, 0.3) is 10.8 Å². The van der Waals surface area contributed by atoms with Crippen molar-refractivity contribution in [3.05, 3.63) is 42.5 Å². The van der Waals surface area contributed by atoms with Gasteiger partial charge < -0.3 is 0 Å². The molecule has 0 atom stereocenters. The van der Waals surface area contributed by atoms with Crippen molar-refractivity contribution < 1.29 is 19.3 Å². The molecule has 1 heterocycles. The first-order chi connectivity index (χ1) is 10.7. The van der Waals surface area contributed by atoms with Crippen molar-refractivity contribution in [1.29, 1.82) is 0 Å². The van der Waals surface area contributed by atoms with Crippen LogP contribution < -0.4 is 4.31 Å². The minimum atomic E-state index is -0.697. The summed E-state index contributed by atoms with van der Waals surface area (Å²) in [6.45, 7) is 0. The summed E-state index contributed by atoms with van der Waals surface area (Å²) < 4.78 is 2.28. The molecule has 7 nitrogen and oxygen atoms in total. The van der Waals surface area contributed by atoms with E-state index in [0.29, 0.717) is 10.8 Å². The molecule has 3 rings (SSSR count). The quantitative estimate of drug-likeness (QED) is 0.813. The van der Waals surface area contributed by atoms with E-state index in [1.807, 2.05) is 36.4 Å². The lowest BCUT2D eigenvalue weighted by molar-refractivity contribution is -0.0916. The van der Waals surface area contributed by atoms with E-state index in [9.17, 15) is 9.59 Å².